The van der Waals surface area contributed by atoms with Crippen LogP contribution in [-0.4, -0.2) is 17.6 Å². The predicted octanol–water partition coefficient (Wildman–Crippen LogP) is 4.99. The Kier molecular flexibility index (Phi) is 5.58. The molecule has 146 valence electrons. The number of nitrogens with zero attached hydrogens (tertiary/aromatic N) is 2. The molecular weight excluding hydrogens is 380 g/mol. The number of thiazole rings is 1. The lowest BCUT2D eigenvalue weighted by Crippen LogP contribution is -2.20. The third-order valence-corrected chi connectivity index (χ3v) is 5.96. The molecule has 0 fully saturated rings. The van der Waals surface area contributed by atoms with E-state index in [2.05, 4.69) is 4.99 Å². The highest BCUT2D eigenvalue weighted by Crippen LogP contribution is 2.28. The van der Waals surface area contributed by atoms with E-state index in [9.17, 15) is 4.79 Å². The highest BCUT2D eigenvalue weighted by molar-refractivity contribution is 7.16. The molecule has 0 saturated heterocycles. The monoisotopic (exact) mass is 402 g/mol. The van der Waals surface area contributed by atoms with Gasteiger partial charge in [0.2, 0.25) is 0 Å². The van der Waals surface area contributed by atoms with Gasteiger partial charge in [0.05, 0.1) is 17.7 Å². The van der Waals surface area contributed by atoms with Crippen molar-refractivity contribution < 1.29 is 9.53 Å². The topological polar surface area (TPSA) is 43.6 Å². The number of carbonyl (C=O) groups excluding carboxylic acids is 1. The number of hydrogen-bond donors (Lipinski definition) is 0. The zero-order chi connectivity index (χ0) is 20.2. The van der Waals surface area contributed by atoms with Gasteiger partial charge in [0.15, 0.2) is 4.80 Å². The summed E-state index contributed by atoms with van der Waals surface area (Å²) in [5, 5.41) is 0. The maximum atomic E-state index is 13.4. The maximum Gasteiger partial charge on any atom is 0.260 e. The first-order valence-electron chi connectivity index (χ1n) is 9.57. The van der Waals surface area contributed by atoms with Crippen molar-refractivity contribution >= 4 is 27.5 Å². The summed E-state index contributed by atoms with van der Waals surface area (Å²) in [6.45, 7) is 2.75. The van der Waals surface area contributed by atoms with Crippen molar-refractivity contribution in [2.45, 2.75) is 19.4 Å². The summed E-state index contributed by atoms with van der Waals surface area (Å²) in [7, 11) is 1.66. The maximum absolute atomic E-state index is 13.4. The first kappa shape index (κ1) is 19.2. The molecule has 0 N–H and O–H groups in total. The molecule has 0 aliphatic carbocycles. The van der Waals surface area contributed by atoms with Gasteiger partial charge >= 0.3 is 0 Å². The molecule has 4 nitrogen and oxygen atoms in total. The van der Waals surface area contributed by atoms with E-state index in [4.69, 9.17) is 4.74 Å². The number of aryl methyl sites for hydroxylation is 1. The largest absolute Gasteiger partial charge is 0.495 e. The number of para-hydroxylation sites is 1. The van der Waals surface area contributed by atoms with Crippen LogP contribution in [0.3, 0.4) is 0 Å². The highest BCUT2D eigenvalue weighted by atomic mass is 32.1. The van der Waals surface area contributed by atoms with Crippen LogP contribution in [0.15, 0.2) is 83.9 Å². The Hall–Kier alpha value is -3.18. The number of carbonyl (C=O) groups is 1. The standard InChI is InChI=1S/C24H22N2O2S/c1-3-26-22-19(28-2)15-10-16-20(22)29-24(26)25-23(27)21(17-11-6-4-7-12-17)18-13-8-5-9-14-18/h4-16,21H,3H2,1-2H3. The van der Waals surface area contributed by atoms with Crippen LogP contribution in [-0.2, 0) is 11.3 Å². The van der Waals surface area contributed by atoms with Gasteiger partial charge in [-0.1, -0.05) is 78.1 Å². The van der Waals surface area contributed by atoms with Crippen molar-refractivity contribution in [3.05, 3.63) is 94.8 Å². The number of amides is 1. The lowest BCUT2D eigenvalue weighted by molar-refractivity contribution is -0.118. The first-order valence-corrected chi connectivity index (χ1v) is 10.4. The Morgan fingerprint density at radius 1 is 0.966 bits per heavy atom. The third-order valence-electron chi connectivity index (χ3n) is 4.92. The number of methoxy groups -OCH3 is 1. The molecule has 3 aromatic carbocycles. The number of benzene rings is 3. The minimum Gasteiger partial charge on any atom is -0.495 e. The summed E-state index contributed by atoms with van der Waals surface area (Å²) in [5.74, 6) is 0.183. The van der Waals surface area contributed by atoms with Gasteiger partial charge in [-0.15, -0.1) is 0 Å². The molecule has 1 amide bonds. The zero-order valence-corrected chi connectivity index (χ0v) is 17.2. The number of aromatic nitrogens is 1. The van der Waals surface area contributed by atoms with E-state index in [1.807, 2.05) is 90.4 Å². The molecule has 1 heterocycles. The molecule has 4 aromatic rings. The van der Waals surface area contributed by atoms with E-state index in [0.717, 1.165) is 27.1 Å². The fourth-order valence-corrected chi connectivity index (χ4v) is 4.69. The van der Waals surface area contributed by atoms with Crippen LogP contribution >= 0.6 is 11.3 Å². The van der Waals surface area contributed by atoms with Crippen LogP contribution in [0, 0.1) is 0 Å². The van der Waals surface area contributed by atoms with Crippen LogP contribution < -0.4 is 9.54 Å². The van der Waals surface area contributed by atoms with Crippen LogP contribution in [0.4, 0.5) is 0 Å². The smallest absolute Gasteiger partial charge is 0.260 e. The summed E-state index contributed by atoms with van der Waals surface area (Å²) in [4.78, 5) is 18.7. The van der Waals surface area contributed by atoms with Crippen molar-refractivity contribution in [1.29, 1.82) is 0 Å². The first-order chi connectivity index (χ1) is 14.2. The quantitative estimate of drug-likeness (QED) is 0.472. The molecule has 1 aromatic heterocycles. The van der Waals surface area contributed by atoms with E-state index in [0.29, 0.717) is 11.3 Å². The van der Waals surface area contributed by atoms with Gasteiger partial charge in [-0.3, -0.25) is 4.79 Å². The van der Waals surface area contributed by atoms with Crippen molar-refractivity contribution in [3.8, 4) is 5.75 Å². The SMILES string of the molecule is CCn1c(=NC(=O)C(c2ccccc2)c2ccccc2)sc2cccc(OC)c21. The third kappa shape index (κ3) is 3.74. The molecular formula is C24H22N2O2S. The lowest BCUT2D eigenvalue weighted by Gasteiger charge is -2.14. The fraction of sp³-hybridized carbons (Fsp3) is 0.167. The molecule has 5 heteroatoms. The van der Waals surface area contributed by atoms with Crippen molar-refractivity contribution in [2.24, 2.45) is 4.99 Å². The molecule has 0 saturated carbocycles. The van der Waals surface area contributed by atoms with Gasteiger partial charge < -0.3 is 9.30 Å². The molecule has 0 atom stereocenters. The van der Waals surface area contributed by atoms with Gasteiger partial charge in [-0.25, -0.2) is 0 Å². The van der Waals surface area contributed by atoms with E-state index in [1.165, 1.54) is 11.3 Å². The van der Waals surface area contributed by atoms with E-state index >= 15 is 0 Å². The Labute approximate surface area is 173 Å². The summed E-state index contributed by atoms with van der Waals surface area (Å²) in [6.07, 6.45) is 0. The number of hydrogen-bond acceptors (Lipinski definition) is 3. The second kappa shape index (κ2) is 8.45. The van der Waals surface area contributed by atoms with Gasteiger partial charge in [0.1, 0.15) is 11.3 Å². The van der Waals surface area contributed by atoms with Crippen molar-refractivity contribution in [3.63, 3.8) is 0 Å². The van der Waals surface area contributed by atoms with Crippen molar-refractivity contribution in [2.75, 3.05) is 7.11 Å². The Morgan fingerprint density at radius 2 is 1.59 bits per heavy atom. The normalized spacial score (nSPS) is 11.9. The summed E-state index contributed by atoms with van der Waals surface area (Å²) >= 11 is 1.51. The molecule has 0 aliphatic rings. The highest BCUT2D eigenvalue weighted by Gasteiger charge is 2.23. The van der Waals surface area contributed by atoms with E-state index in [-0.39, 0.29) is 5.91 Å². The Bertz CT molecular complexity index is 1150. The summed E-state index contributed by atoms with van der Waals surface area (Å²) < 4.78 is 8.63. The number of ether oxygens (including phenoxy) is 1. The lowest BCUT2D eigenvalue weighted by atomic mass is 9.91. The average molecular weight is 403 g/mol. The fourth-order valence-electron chi connectivity index (χ4n) is 3.57. The van der Waals surface area contributed by atoms with Gasteiger partial charge in [-0.2, -0.15) is 4.99 Å². The average Bonchev–Trinajstić information content (AvgIpc) is 3.12. The van der Waals surface area contributed by atoms with Crippen LogP contribution in [0.1, 0.15) is 24.0 Å². The Morgan fingerprint density at radius 3 is 2.14 bits per heavy atom. The zero-order valence-electron chi connectivity index (χ0n) is 16.4. The Balaban J connectivity index is 1.87. The van der Waals surface area contributed by atoms with Crippen LogP contribution in [0.5, 0.6) is 5.75 Å². The predicted molar refractivity (Wildman–Crippen MR) is 117 cm³/mol. The minimum absolute atomic E-state index is 0.171. The van der Waals surface area contributed by atoms with Crippen molar-refractivity contribution in [1.82, 2.24) is 4.57 Å². The molecule has 0 spiro atoms. The van der Waals surface area contributed by atoms with Gasteiger partial charge in [0, 0.05) is 6.54 Å². The number of rotatable bonds is 5. The van der Waals surface area contributed by atoms with Crippen LogP contribution in [0.2, 0.25) is 0 Å². The second-order valence-corrected chi connectivity index (χ2v) is 7.65. The van der Waals surface area contributed by atoms with E-state index in [1.54, 1.807) is 7.11 Å². The molecule has 0 unspecified atom stereocenters. The van der Waals surface area contributed by atoms with Gasteiger partial charge in [0.25, 0.3) is 5.91 Å². The number of fused-ring (bicyclic) bond motifs is 1. The molecule has 4 rings (SSSR count). The molecule has 29 heavy (non-hydrogen) atoms. The molecule has 0 bridgehead atoms. The minimum atomic E-state index is -0.435. The molecule has 0 aliphatic heterocycles. The summed E-state index contributed by atoms with van der Waals surface area (Å²) in [6, 6.07) is 25.6. The second-order valence-electron chi connectivity index (χ2n) is 6.64. The molecule has 0 radical (unpaired) electrons. The van der Waals surface area contributed by atoms with E-state index < -0.39 is 5.92 Å². The van der Waals surface area contributed by atoms with Gasteiger partial charge in [-0.05, 0) is 30.2 Å². The van der Waals surface area contributed by atoms with Crippen LogP contribution in [0.25, 0.3) is 10.2 Å². The summed E-state index contributed by atoms with van der Waals surface area (Å²) in [5.41, 5.74) is 2.86.